The number of rotatable bonds is 6. The summed E-state index contributed by atoms with van der Waals surface area (Å²) in [5, 5.41) is 7.07. The molecule has 116 valence electrons. The second kappa shape index (κ2) is 7.25. The lowest BCUT2D eigenvalue weighted by Gasteiger charge is -2.27. The maximum Gasteiger partial charge on any atom is 0.0594 e. The van der Waals surface area contributed by atoms with Crippen LogP contribution in [0.2, 0.25) is 0 Å². The number of fused-ring (bicyclic) bond motifs is 1. The highest BCUT2D eigenvalue weighted by molar-refractivity contribution is 5.56. The third-order valence-corrected chi connectivity index (χ3v) is 4.45. The van der Waals surface area contributed by atoms with Crippen molar-refractivity contribution in [2.75, 3.05) is 51.3 Å². The Labute approximate surface area is 127 Å². The van der Waals surface area contributed by atoms with Gasteiger partial charge in [-0.05, 0) is 37.0 Å². The predicted molar refractivity (Wildman–Crippen MR) is 87.1 cm³/mol. The van der Waals surface area contributed by atoms with Gasteiger partial charge in [0.1, 0.15) is 0 Å². The highest BCUT2D eigenvalue weighted by Gasteiger charge is 2.12. The molecule has 21 heavy (non-hydrogen) atoms. The Morgan fingerprint density at radius 3 is 3.05 bits per heavy atom. The summed E-state index contributed by atoms with van der Waals surface area (Å²) in [5.74, 6) is 0. The standard InChI is InChI=1S/C17H27N3O/c1-14(18-6-7-20-8-10-21-11-9-20)12-15-2-3-17-16(13-15)4-5-19-17/h2-3,13-14,18-19H,4-12H2,1H3. The minimum absolute atomic E-state index is 0.526. The van der Waals surface area contributed by atoms with E-state index in [4.69, 9.17) is 4.74 Å². The third-order valence-electron chi connectivity index (χ3n) is 4.45. The first kappa shape index (κ1) is 14.8. The largest absolute Gasteiger partial charge is 0.384 e. The molecule has 2 aliphatic rings. The van der Waals surface area contributed by atoms with Gasteiger partial charge < -0.3 is 15.4 Å². The molecule has 1 aromatic carbocycles. The van der Waals surface area contributed by atoms with Crippen molar-refractivity contribution in [1.82, 2.24) is 10.2 Å². The molecule has 2 N–H and O–H groups in total. The van der Waals surface area contributed by atoms with Crippen LogP contribution in [-0.2, 0) is 17.6 Å². The molecule has 0 saturated carbocycles. The number of anilines is 1. The summed E-state index contributed by atoms with van der Waals surface area (Å²) in [6.45, 7) is 9.49. The molecule has 4 heteroatoms. The fourth-order valence-corrected chi connectivity index (χ4v) is 3.20. The summed E-state index contributed by atoms with van der Waals surface area (Å²) in [6, 6.07) is 7.39. The van der Waals surface area contributed by atoms with E-state index < -0.39 is 0 Å². The molecule has 3 rings (SSSR count). The van der Waals surface area contributed by atoms with E-state index >= 15 is 0 Å². The minimum Gasteiger partial charge on any atom is -0.384 e. The van der Waals surface area contributed by atoms with Crippen LogP contribution in [0.15, 0.2) is 18.2 Å². The van der Waals surface area contributed by atoms with E-state index in [9.17, 15) is 0 Å². The van der Waals surface area contributed by atoms with Gasteiger partial charge in [0.2, 0.25) is 0 Å². The molecule has 1 fully saturated rings. The fourth-order valence-electron chi connectivity index (χ4n) is 3.20. The molecular formula is C17H27N3O. The van der Waals surface area contributed by atoms with E-state index in [1.807, 2.05) is 0 Å². The predicted octanol–water partition coefficient (Wildman–Crippen LogP) is 1.51. The number of nitrogens with one attached hydrogen (secondary N) is 2. The normalized spacial score (nSPS) is 20.0. The van der Waals surface area contributed by atoms with E-state index in [1.54, 1.807) is 0 Å². The van der Waals surface area contributed by atoms with Crippen molar-refractivity contribution in [3.05, 3.63) is 29.3 Å². The Bertz CT molecular complexity index is 457. The van der Waals surface area contributed by atoms with Gasteiger partial charge >= 0.3 is 0 Å². The fraction of sp³-hybridized carbons (Fsp3) is 0.647. The van der Waals surface area contributed by atoms with Crippen LogP contribution in [0.1, 0.15) is 18.1 Å². The van der Waals surface area contributed by atoms with Gasteiger partial charge in [0.15, 0.2) is 0 Å². The van der Waals surface area contributed by atoms with Crippen molar-refractivity contribution in [2.45, 2.75) is 25.8 Å². The molecule has 0 radical (unpaired) electrons. The Balaban J connectivity index is 1.40. The summed E-state index contributed by atoms with van der Waals surface area (Å²) in [6.07, 6.45) is 2.28. The first-order valence-electron chi connectivity index (χ1n) is 8.20. The Hall–Kier alpha value is -1.10. The number of benzene rings is 1. The first-order valence-corrected chi connectivity index (χ1v) is 8.20. The Morgan fingerprint density at radius 1 is 1.33 bits per heavy atom. The molecule has 1 aromatic rings. The number of nitrogens with zero attached hydrogens (tertiary/aromatic N) is 1. The molecule has 0 spiro atoms. The summed E-state index contributed by atoms with van der Waals surface area (Å²) >= 11 is 0. The second-order valence-electron chi connectivity index (χ2n) is 6.18. The molecule has 0 bridgehead atoms. The van der Waals surface area contributed by atoms with Crippen LogP contribution >= 0.6 is 0 Å². The molecule has 0 aromatic heterocycles. The topological polar surface area (TPSA) is 36.5 Å². The van der Waals surface area contributed by atoms with Crippen LogP contribution in [0.25, 0.3) is 0 Å². The minimum atomic E-state index is 0.526. The molecule has 0 amide bonds. The second-order valence-corrected chi connectivity index (χ2v) is 6.18. The SMILES string of the molecule is CC(Cc1ccc2c(c1)CCN2)NCCN1CCOCC1. The van der Waals surface area contributed by atoms with Crippen LogP contribution < -0.4 is 10.6 Å². The number of ether oxygens (including phenoxy) is 1. The molecular weight excluding hydrogens is 262 g/mol. The highest BCUT2D eigenvalue weighted by Crippen LogP contribution is 2.23. The van der Waals surface area contributed by atoms with Crippen LogP contribution in [0, 0.1) is 0 Å². The van der Waals surface area contributed by atoms with Crippen molar-refractivity contribution >= 4 is 5.69 Å². The summed E-state index contributed by atoms with van der Waals surface area (Å²) in [4.78, 5) is 2.48. The van der Waals surface area contributed by atoms with Gasteiger partial charge in [-0.3, -0.25) is 4.90 Å². The highest BCUT2D eigenvalue weighted by atomic mass is 16.5. The quantitative estimate of drug-likeness (QED) is 0.832. The van der Waals surface area contributed by atoms with Crippen molar-refractivity contribution < 1.29 is 4.74 Å². The average molecular weight is 289 g/mol. The van der Waals surface area contributed by atoms with Crippen molar-refractivity contribution in [2.24, 2.45) is 0 Å². The van der Waals surface area contributed by atoms with Crippen LogP contribution in [0.4, 0.5) is 5.69 Å². The Kier molecular flexibility index (Phi) is 5.12. The van der Waals surface area contributed by atoms with Gasteiger partial charge in [-0.25, -0.2) is 0 Å². The van der Waals surface area contributed by atoms with Gasteiger partial charge in [0, 0.05) is 44.5 Å². The number of hydrogen-bond donors (Lipinski definition) is 2. The molecule has 2 aliphatic heterocycles. The lowest BCUT2D eigenvalue weighted by Crippen LogP contribution is -2.42. The van der Waals surface area contributed by atoms with Gasteiger partial charge in [-0.1, -0.05) is 12.1 Å². The van der Waals surface area contributed by atoms with Gasteiger partial charge in [0.25, 0.3) is 0 Å². The lowest BCUT2D eigenvalue weighted by molar-refractivity contribution is 0.0382. The maximum atomic E-state index is 5.38. The first-order chi connectivity index (χ1) is 10.3. The maximum absolute atomic E-state index is 5.38. The molecule has 1 unspecified atom stereocenters. The number of hydrogen-bond acceptors (Lipinski definition) is 4. The van der Waals surface area contributed by atoms with Gasteiger partial charge in [-0.15, -0.1) is 0 Å². The molecule has 2 heterocycles. The summed E-state index contributed by atoms with van der Waals surface area (Å²) in [7, 11) is 0. The van der Waals surface area contributed by atoms with Crippen molar-refractivity contribution in [3.63, 3.8) is 0 Å². The van der Waals surface area contributed by atoms with E-state index in [1.165, 1.54) is 23.2 Å². The van der Waals surface area contributed by atoms with Crippen LogP contribution in [-0.4, -0.2) is 56.9 Å². The monoisotopic (exact) mass is 289 g/mol. The molecule has 4 nitrogen and oxygen atoms in total. The van der Waals surface area contributed by atoms with Gasteiger partial charge in [0.05, 0.1) is 13.2 Å². The Morgan fingerprint density at radius 2 is 2.19 bits per heavy atom. The van der Waals surface area contributed by atoms with Crippen LogP contribution in [0.3, 0.4) is 0 Å². The van der Waals surface area contributed by atoms with Crippen molar-refractivity contribution in [1.29, 1.82) is 0 Å². The molecule has 0 aliphatic carbocycles. The zero-order valence-electron chi connectivity index (χ0n) is 13.0. The number of morpholine rings is 1. The van der Waals surface area contributed by atoms with Gasteiger partial charge in [-0.2, -0.15) is 0 Å². The average Bonchev–Trinajstić information content (AvgIpc) is 2.96. The van der Waals surface area contributed by atoms with E-state index in [0.717, 1.165) is 52.4 Å². The summed E-state index contributed by atoms with van der Waals surface area (Å²) < 4.78 is 5.38. The third kappa shape index (κ3) is 4.19. The lowest BCUT2D eigenvalue weighted by atomic mass is 10.0. The molecule has 1 saturated heterocycles. The summed E-state index contributed by atoms with van der Waals surface area (Å²) in [5.41, 5.74) is 4.25. The van der Waals surface area contributed by atoms with Crippen molar-refractivity contribution in [3.8, 4) is 0 Å². The van der Waals surface area contributed by atoms with E-state index in [2.05, 4.69) is 40.7 Å². The smallest absolute Gasteiger partial charge is 0.0594 e. The zero-order chi connectivity index (χ0) is 14.5. The molecule has 1 atom stereocenters. The van der Waals surface area contributed by atoms with Crippen LogP contribution in [0.5, 0.6) is 0 Å². The van der Waals surface area contributed by atoms with E-state index in [-0.39, 0.29) is 0 Å². The van der Waals surface area contributed by atoms with E-state index in [0.29, 0.717) is 6.04 Å². The zero-order valence-corrected chi connectivity index (χ0v) is 13.0.